The highest BCUT2D eigenvalue weighted by atomic mass is 32.2. The van der Waals surface area contributed by atoms with Gasteiger partial charge in [-0.2, -0.15) is 0 Å². The minimum Gasteiger partial charge on any atom is -0.313 e. The smallest absolute Gasteiger partial charge is 0.216 e. The minimum atomic E-state index is -3.19. The van der Waals surface area contributed by atoms with E-state index in [1.54, 1.807) is 20.8 Å². The average Bonchev–Trinajstić information content (AvgIpc) is 2.17. The molecule has 0 aromatic rings. The van der Waals surface area contributed by atoms with Gasteiger partial charge in [0.25, 0.3) is 0 Å². The van der Waals surface area contributed by atoms with E-state index in [4.69, 9.17) is 0 Å². The second kappa shape index (κ2) is 5.29. The fourth-order valence-electron chi connectivity index (χ4n) is 1.46. The lowest BCUT2D eigenvalue weighted by atomic mass is 10.1. The molecule has 1 aliphatic heterocycles. The Morgan fingerprint density at radius 2 is 2.12 bits per heavy atom. The van der Waals surface area contributed by atoms with Gasteiger partial charge in [0.2, 0.25) is 10.0 Å². The molecule has 0 radical (unpaired) electrons. The van der Waals surface area contributed by atoms with Crippen LogP contribution >= 0.6 is 0 Å². The zero-order valence-corrected chi connectivity index (χ0v) is 11.2. The summed E-state index contributed by atoms with van der Waals surface area (Å²) in [5, 5.41) is 3.23. The Bertz CT molecular complexity index is 353. The molecule has 0 atom stereocenters. The van der Waals surface area contributed by atoms with Crippen LogP contribution in [0.4, 0.5) is 0 Å². The zero-order valence-electron chi connectivity index (χ0n) is 10.3. The van der Waals surface area contributed by atoms with Gasteiger partial charge in [-0.05, 0) is 40.2 Å². The van der Waals surface area contributed by atoms with E-state index in [2.05, 4.69) is 16.1 Å². The number of sulfonamides is 1. The first-order valence-corrected chi connectivity index (χ1v) is 7.19. The van der Waals surface area contributed by atoms with Crippen molar-refractivity contribution in [2.45, 2.75) is 38.4 Å². The molecule has 1 rings (SSSR count). The number of rotatable bonds is 4. The van der Waals surface area contributed by atoms with Crippen molar-refractivity contribution in [3.8, 4) is 0 Å². The van der Waals surface area contributed by atoms with Crippen LogP contribution in [0.3, 0.4) is 0 Å². The summed E-state index contributed by atoms with van der Waals surface area (Å²) in [6, 6.07) is 0. The van der Waals surface area contributed by atoms with Crippen LogP contribution in [0.15, 0.2) is 11.6 Å². The fourth-order valence-corrected chi connectivity index (χ4v) is 2.26. The van der Waals surface area contributed by atoms with E-state index in [1.165, 1.54) is 5.57 Å². The topological polar surface area (TPSA) is 58.2 Å². The van der Waals surface area contributed by atoms with Crippen LogP contribution in [-0.4, -0.2) is 32.8 Å². The van der Waals surface area contributed by atoms with Crippen LogP contribution in [0.5, 0.6) is 0 Å². The van der Waals surface area contributed by atoms with E-state index in [0.717, 1.165) is 25.9 Å². The summed E-state index contributed by atoms with van der Waals surface area (Å²) >= 11 is 0. The summed E-state index contributed by atoms with van der Waals surface area (Å²) in [5.74, 6) is 0. The van der Waals surface area contributed by atoms with Gasteiger partial charge in [0.1, 0.15) is 0 Å². The van der Waals surface area contributed by atoms with Gasteiger partial charge in [-0.1, -0.05) is 11.6 Å². The first-order valence-electron chi connectivity index (χ1n) is 5.71. The molecule has 16 heavy (non-hydrogen) atoms. The Balaban J connectivity index is 2.38. The Morgan fingerprint density at radius 1 is 1.44 bits per heavy atom. The molecule has 0 bridgehead atoms. The minimum absolute atomic E-state index is 0.505. The van der Waals surface area contributed by atoms with Crippen molar-refractivity contribution >= 4 is 10.0 Å². The normalized spacial score (nSPS) is 18.3. The first-order chi connectivity index (χ1) is 7.33. The highest BCUT2D eigenvalue weighted by molar-refractivity contribution is 7.90. The molecule has 0 amide bonds. The summed E-state index contributed by atoms with van der Waals surface area (Å²) in [4.78, 5) is 0. The maximum atomic E-state index is 11.8. The van der Waals surface area contributed by atoms with Crippen molar-refractivity contribution in [1.29, 1.82) is 0 Å². The quantitative estimate of drug-likeness (QED) is 0.728. The van der Waals surface area contributed by atoms with Gasteiger partial charge >= 0.3 is 0 Å². The van der Waals surface area contributed by atoms with E-state index >= 15 is 0 Å². The molecular weight excluding hydrogens is 224 g/mol. The molecule has 0 aliphatic carbocycles. The van der Waals surface area contributed by atoms with Crippen LogP contribution in [0.1, 0.15) is 33.6 Å². The molecule has 94 valence electrons. The summed E-state index contributed by atoms with van der Waals surface area (Å²) in [6.45, 7) is 7.53. The Kier molecular flexibility index (Phi) is 4.52. The molecule has 0 aromatic heterocycles. The molecule has 1 heterocycles. The number of hydrogen-bond acceptors (Lipinski definition) is 3. The second-order valence-corrected chi connectivity index (χ2v) is 7.60. The van der Waals surface area contributed by atoms with E-state index < -0.39 is 14.8 Å². The van der Waals surface area contributed by atoms with E-state index in [0.29, 0.717) is 6.54 Å². The van der Waals surface area contributed by atoms with Gasteiger partial charge in [-0.25, -0.2) is 13.1 Å². The molecule has 2 N–H and O–H groups in total. The summed E-state index contributed by atoms with van der Waals surface area (Å²) < 4.78 is 25.4. The predicted octanol–water partition coefficient (Wildman–Crippen LogP) is 1.01. The van der Waals surface area contributed by atoms with Crippen molar-refractivity contribution in [3.63, 3.8) is 0 Å². The van der Waals surface area contributed by atoms with Crippen LogP contribution in [0, 0.1) is 0 Å². The summed E-state index contributed by atoms with van der Waals surface area (Å²) in [7, 11) is -3.19. The number of hydrogen-bond donors (Lipinski definition) is 2. The number of nitrogens with one attached hydrogen (secondary N) is 2. The molecule has 0 fully saturated rings. The van der Waals surface area contributed by atoms with Crippen molar-refractivity contribution in [2.75, 3.05) is 19.6 Å². The molecule has 0 saturated heterocycles. The van der Waals surface area contributed by atoms with Gasteiger partial charge in [0.15, 0.2) is 0 Å². The standard InChI is InChI=1S/C11H22N2O2S/c1-11(2,3)16(14,15)13-9-6-10-4-7-12-8-5-10/h4,12-13H,5-9H2,1-3H3. The lowest BCUT2D eigenvalue weighted by molar-refractivity contribution is 0.544. The lowest BCUT2D eigenvalue weighted by Gasteiger charge is -2.20. The van der Waals surface area contributed by atoms with Crippen molar-refractivity contribution in [1.82, 2.24) is 10.0 Å². The maximum Gasteiger partial charge on any atom is 0.216 e. The molecule has 0 aromatic carbocycles. The summed E-state index contributed by atoms with van der Waals surface area (Å²) in [6.07, 6.45) is 3.99. The largest absolute Gasteiger partial charge is 0.313 e. The molecule has 1 aliphatic rings. The highest BCUT2D eigenvalue weighted by Gasteiger charge is 2.28. The first kappa shape index (κ1) is 13.7. The molecule has 0 spiro atoms. The fraction of sp³-hybridized carbons (Fsp3) is 0.818. The van der Waals surface area contributed by atoms with E-state index in [-0.39, 0.29) is 0 Å². The lowest BCUT2D eigenvalue weighted by Crippen LogP contribution is -2.40. The third kappa shape index (κ3) is 3.88. The van der Waals surface area contributed by atoms with Gasteiger partial charge in [-0.15, -0.1) is 0 Å². The molecular formula is C11H22N2O2S. The monoisotopic (exact) mass is 246 g/mol. The maximum absolute atomic E-state index is 11.8. The van der Waals surface area contributed by atoms with Gasteiger partial charge in [-0.3, -0.25) is 0 Å². The SMILES string of the molecule is CC(C)(C)S(=O)(=O)NCCC1=CCNCC1. The van der Waals surface area contributed by atoms with Crippen molar-refractivity contribution < 1.29 is 8.42 Å². The van der Waals surface area contributed by atoms with E-state index in [1.807, 2.05) is 0 Å². The molecule has 4 nitrogen and oxygen atoms in total. The van der Waals surface area contributed by atoms with Crippen molar-refractivity contribution in [3.05, 3.63) is 11.6 Å². The average molecular weight is 246 g/mol. The predicted molar refractivity (Wildman–Crippen MR) is 66.9 cm³/mol. The van der Waals surface area contributed by atoms with Gasteiger partial charge in [0, 0.05) is 13.1 Å². The third-order valence-electron chi connectivity index (χ3n) is 2.70. The second-order valence-electron chi connectivity index (χ2n) is 5.08. The van der Waals surface area contributed by atoms with Crippen LogP contribution < -0.4 is 10.0 Å². The van der Waals surface area contributed by atoms with Gasteiger partial charge < -0.3 is 5.32 Å². The Labute approximate surface area is 98.6 Å². The van der Waals surface area contributed by atoms with Crippen LogP contribution in [-0.2, 0) is 10.0 Å². The van der Waals surface area contributed by atoms with Crippen LogP contribution in [0.25, 0.3) is 0 Å². The summed E-state index contributed by atoms with van der Waals surface area (Å²) in [5.41, 5.74) is 1.34. The Hall–Kier alpha value is -0.390. The van der Waals surface area contributed by atoms with Gasteiger partial charge in [0.05, 0.1) is 4.75 Å². The van der Waals surface area contributed by atoms with Crippen LogP contribution in [0.2, 0.25) is 0 Å². The Morgan fingerprint density at radius 3 is 2.62 bits per heavy atom. The zero-order chi connectivity index (χ0) is 12.2. The highest BCUT2D eigenvalue weighted by Crippen LogP contribution is 2.14. The molecule has 5 heteroatoms. The third-order valence-corrected chi connectivity index (χ3v) is 4.90. The molecule has 0 unspecified atom stereocenters. The molecule has 0 saturated carbocycles. The van der Waals surface area contributed by atoms with Crippen molar-refractivity contribution in [2.24, 2.45) is 0 Å². The van der Waals surface area contributed by atoms with E-state index in [9.17, 15) is 8.42 Å².